The van der Waals surface area contributed by atoms with Crippen LogP contribution >= 0.6 is 0 Å². The molecule has 0 spiro atoms. The second kappa shape index (κ2) is 7.00. The zero-order valence-electron chi connectivity index (χ0n) is 14.9. The van der Waals surface area contributed by atoms with Crippen LogP contribution in [0.5, 0.6) is 5.75 Å². The summed E-state index contributed by atoms with van der Waals surface area (Å²) in [4.78, 5) is 4.63. The molecule has 7 nitrogen and oxygen atoms in total. The first kappa shape index (κ1) is 17.5. The number of nitrogens with zero attached hydrogens (tertiary/aromatic N) is 3. The molecule has 0 amide bonds. The normalized spacial score (nSPS) is 20.9. The third-order valence-electron chi connectivity index (χ3n) is 5.02. The molecule has 1 fully saturated rings. The summed E-state index contributed by atoms with van der Waals surface area (Å²) in [7, 11) is -3.62. The first-order chi connectivity index (χ1) is 12.5. The summed E-state index contributed by atoms with van der Waals surface area (Å²) in [6, 6.07) is 6.34. The Balaban J connectivity index is 1.48. The fourth-order valence-electron chi connectivity index (χ4n) is 3.73. The van der Waals surface area contributed by atoms with Crippen LogP contribution in [-0.2, 0) is 16.6 Å². The van der Waals surface area contributed by atoms with Gasteiger partial charge < -0.3 is 4.74 Å². The molecule has 26 heavy (non-hydrogen) atoms. The van der Waals surface area contributed by atoms with Gasteiger partial charge in [-0.2, -0.15) is 5.10 Å². The van der Waals surface area contributed by atoms with Gasteiger partial charge in [-0.15, -0.1) is 0 Å². The van der Waals surface area contributed by atoms with E-state index in [4.69, 9.17) is 4.74 Å². The Labute approximate surface area is 153 Å². The van der Waals surface area contributed by atoms with E-state index in [1.54, 1.807) is 28.9 Å². The van der Waals surface area contributed by atoms with E-state index in [1.807, 2.05) is 6.92 Å². The zero-order chi connectivity index (χ0) is 18.1. The monoisotopic (exact) mass is 376 g/mol. The molecule has 2 aliphatic rings. The molecule has 1 aromatic carbocycles. The number of rotatable bonds is 5. The maximum Gasteiger partial charge on any atom is 0.241 e. The molecule has 4 rings (SSSR count). The smallest absolute Gasteiger partial charge is 0.241 e. The van der Waals surface area contributed by atoms with Crippen LogP contribution in [0.3, 0.4) is 0 Å². The van der Waals surface area contributed by atoms with Crippen molar-refractivity contribution in [1.29, 1.82) is 0 Å². The Morgan fingerprint density at radius 3 is 2.58 bits per heavy atom. The van der Waals surface area contributed by atoms with Gasteiger partial charge in [-0.25, -0.2) is 22.8 Å². The number of aromatic nitrogens is 3. The van der Waals surface area contributed by atoms with Gasteiger partial charge in [-0.1, -0.05) is 0 Å². The van der Waals surface area contributed by atoms with Crippen molar-refractivity contribution < 1.29 is 13.2 Å². The standard InChI is InChI=1S/C18H24N4O3S/c1-13-19-18-17(7-4-12-22(18)20-13)21-26(23,24)16-10-8-15(9-11-16)25-14-5-2-3-6-14/h8-11,14,17,21H,2-7,12H2,1H3/t17-/m1/s1. The van der Waals surface area contributed by atoms with Gasteiger partial charge in [0, 0.05) is 6.54 Å². The summed E-state index contributed by atoms with van der Waals surface area (Å²) >= 11 is 0. The average molecular weight is 376 g/mol. The summed E-state index contributed by atoms with van der Waals surface area (Å²) < 4.78 is 36.0. The van der Waals surface area contributed by atoms with Gasteiger partial charge in [-0.05, 0) is 69.7 Å². The van der Waals surface area contributed by atoms with Crippen molar-refractivity contribution in [2.24, 2.45) is 0 Å². The summed E-state index contributed by atoms with van der Waals surface area (Å²) in [6.45, 7) is 2.60. The number of hydrogen-bond donors (Lipinski definition) is 1. The van der Waals surface area contributed by atoms with Crippen molar-refractivity contribution in [2.75, 3.05) is 0 Å². The van der Waals surface area contributed by atoms with Crippen molar-refractivity contribution in [3.05, 3.63) is 35.9 Å². The molecule has 2 heterocycles. The van der Waals surface area contributed by atoms with Gasteiger partial charge in [-0.3, -0.25) is 0 Å². The molecule has 0 unspecified atom stereocenters. The van der Waals surface area contributed by atoms with E-state index < -0.39 is 10.0 Å². The van der Waals surface area contributed by atoms with Crippen molar-refractivity contribution in [3.63, 3.8) is 0 Å². The number of fused-ring (bicyclic) bond motifs is 1. The summed E-state index contributed by atoms with van der Waals surface area (Å²) in [5.41, 5.74) is 0. The van der Waals surface area contributed by atoms with Crippen LogP contribution in [0.15, 0.2) is 29.2 Å². The molecule has 1 aliphatic carbocycles. The molecule has 8 heteroatoms. The molecule has 0 bridgehead atoms. The van der Waals surface area contributed by atoms with Gasteiger partial charge in [0.05, 0.1) is 17.0 Å². The number of benzene rings is 1. The number of nitrogens with one attached hydrogen (secondary N) is 1. The number of sulfonamides is 1. The van der Waals surface area contributed by atoms with Crippen molar-refractivity contribution >= 4 is 10.0 Å². The SMILES string of the molecule is Cc1nc2n(n1)CCC[C@H]2NS(=O)(=O)c1ccc(OC2CCCC2)cc1. The molecule has 1 aromatic heterocycles. The number of hydrogen-bond acceptors (Lipinski definition) is 5. The fraction of sp³-hybridized carbons (Fsp3) is 0.556. The van der Waals surface area contributed by atoms with Crippen LogP contribution < -0.4 is 9.46 Å². The van der Waals surface area contributed by atoms with E-state index in [9.17, 15) is 8.42 Å². The van der Waals surface area contributed by atoms with Crippen LogP contribution in [0.25, 0.3) is 0 Å². The predicted octanol–water partition coefficient (Wildman–Crippen LogP) is 2.72. The molecule has 1 atom stereocenters. The Hall–Kier alpha value is -1.93. The van der Waals surface area contributed by atoms with Gasteiger partial charge in [0.15, 0.2) is 0 Å². The van der Waals surface area contributed by atoms with Crippen LogP contribution in [0.4, 0.5) is 0 Å². The lowest BCUT2D eigenvalue weighted by molar-refractivity contribution is 0.210. The Morgan fingerprint density at radius 2 is 1.85 bits per heavy atom. The van der Waals surface area contributed by atoms with Crippen LogP contribution in [0, 0.1) is 6.92 Å². The average Bonchev–Trinajstić information content (AvgIpc) is 3.24. The van der Waals surface area contributed by atoms with Crippen LogP contribution in [0.2, 0.25) is 0 Å². The summed E-state index contributed by atoms with van der Waals surface area (Å²) in [5.74, 6) is 2.09. The molecule has 140 valence electrons. The largest absolute Gasteiger partial charge is 0.490 e. The third-order valence-corrected chi connectivity index (χ3v) is 6.50. The second-order valence-electron chi connectivity index (χ2n) is 7.05. The van der Waals surface area contributed by atoms with Gasteiger partial charge >= 0.3 is 0 Å². The first-order valence-electron chi connectivity index (χ1n) is 9.22. The molecule has 1 N–H and O–H groups in total. The molecule has 2 aromatic rings. The van der Waals surface area contributed by atoms with E-state index in [2.05, 4.69) is 14.8 Å². The maximum atomic E-state index is 12.8. The lowest BCUT2D eigenvalue weighted by atomic mass is 10.1. The third kappa shape index (κ3) is 3.61. The summed E-state index contributed by atoms with van der Waals surface area (Å²) in [5, 5.41) is 4.32. The molecule has 0 radical (unpaired) electrons. The topological polar surface area (TPSA) is 86.1 Å². The second-order valence-corrected chi connectivity index (χ2v) is 8.77. The maximum absolute atomic E-state index is 12.8. The minimum atomic E-state index is -3.62. The highest BCUT2D eigenvalue weighted by molar-refractivity contribution is 7.89. The van der Waals surface area contributed by atoms with Gasteiger partial charge in [0.2, 0.25) is 10.0 Å². The van der Waals surface area contributed by atoms with Crippen LogP contribution in [0.1, 0.15) is 56.2 Å². The molecule has 0 saturated heterocycles. The molecule has 1 aliphatic heterocycles. The molecule has 1 saturated carbocycles. The van der Waals surface area contributed by atoms with E-state index in [0.717, 1.165) is 38.0 Å². The van der Waals surface area contributed by atoms with Crippen LogP contribution in [-0.4, -0.2) is 29.3 Å². The Morgan fingerprint density at radius 1 is 1.12 bits per heavy atom. The van der Waals surface area contributed by atoms with E-state index in [0.29, 0.717) is 11.6 Å². The quantitative estimate of drug-likeness (QED) is 0.867. The molecular formula is C18H24N4O3S. The predicted molar refractivity (Wildman–Crippen MR) is 96.4 cm³/mol. The van der Waals surface area contributed by atoms with E-state index >= 15 is 0 Å². The van der Waals surface area contributed by atoms with E-state index in [-0.39, 0.29) is 17.0 Å². The van der Waals surface area contributed by atoms with Gasteiger partial charge in [0.1, 0.15) is 17.4 Å². The minimum absolute atomic E-state index is 0.240. The minimum Gasteiger partial charge on any atom is -0.490 e. The van der Waals surface area contributed by atoms with E-state index in [1.165, 1.54) is 12.8 Å². The highest BCUT2D eigenvalue weighted by Crippen LogP contribution is 2.27. The summed E-state index contributed by atoms with van der Waals surface area (Å²) in [6.07, 6.45) is 6.40. The lowest BCUT2D eigenvalue weighted by Crippen LogP contribution is -2.33. The van der Waals surface area contributed by atoms with Crippen molar-refractivity contribution in [1.82, 2.24) is 19.5 Å². The Kier molecular flexibility index (Phi) is 4.71. The fourth-order valence-corrected chi connectivity index (χ4v) is 4.96. The molecular weight excluding hydrogens is 352 g/mol. The zero-order valence-corrected chi connectivity index (χ0v) is 15.7. The van der Waals surface area contributed by atoms with Crippen molar-refractivity contribution in [3.8, 4) is 5.75 Å². The highest BCUT2D eigenvalue weighted by atomic mass is 32.2. The highest BCUT2D eigenvalue weighted by Gasteiger charge is 2.28. The number of aryl methyl sites for hydroxylation is 2. The van der Waals surface area contributed by atoms with Crippen molar-refractivity contribution in [2.45, 2.75) is 69.0 Å². The lowest BCUT2D eigenvalue weighted by Gasteiger charge is -2.23. The first-order valence-corrected chi connectivity index (χ1v) is 10.7. The Bertz CT molecular complexity index is 870. The number of ether oxygens (including phenoxy) is 1. The van der Waals surface area contributed by atoms with Gasteiger partial charge in [0.25, 0.3) is 0 Å².